The minimum absolute atomic E-state index is 0.898. The summed E-state index contributed by atoms with van der Waals surface area (Å²) in [4.78, 5) is 2.47. The average Bonchev–Trinajstić information content (AvgIpc) is 2.99. The molecule has 0 N–H and O–H groups in total. The van der Waals surface area contributed by atoms with Gasteiger partial charge in [0.2, 0.25) is 0 Å². The first-order valence-corrected chi connectivity index (χ1v) is 6.12. The zero-order chi connectivity index (χ0) is 10.2. The van der Waals surface area contributed by atoms with Crippen molar-refractivity contribution < 1.29 is 4.74 Å². The van der Waals surface area contributed by atoms with Crippen LogP contribution in [0.25, 0.3) is 0 Å². The molecular weight excluding hydrogens is 174 g/mol. The molecule has 14 heavy (non-hydrogen) atoms. The molecule has 0 heterocycles. The van der Waals surface area contributed by atoms with Crippen LogP contribution >= 0.6 is 0 Å². The van der Waals surface area contributed by atoms with Crippen LogP contribution in [0.4, 0.5) is 0 Å². The first-order valence-electron chi connectivity index (χ1n) is 6.12. The molecule has 0 radical (unpaired) electrons. The smallest absolute Gasteiger partial charge is 0.0478 e. The van der Waals surface area contributed by atoms with Gasteiger partial charge in [-0.05, 0) is 32.7 Å². The van der Waals surface area contributed by atoms with Gasteiger partial charge in [-0.15, -0.1) is 0 Å². The predicted octanol–water partition coefficient (Wildman–Crippen LogP) is 2.68. The first kappa shape index (κ1) is 12.0. The van der Waals surface area contributed by atoms with E-state index in [-0.39, 0.29) is 0 Å². The standard InChI is InChI=1S/C12H25NO/c1-3-4-5-10-14-11-6-9-13(2)12-7-8-12/h12H,3-11H2,1-2H3. The van der Waals surface area contributed by atoms with E-state index < -0.39 is 0 Å². The molecule has 2 heteroatoms. The molecule has 0 atom stereocenters. The van der Waals surface area contributed by atoms with Crippen LogP contribution in [0.1, 0.15) is 45.4 Å². The van der Waals surface area contributed by atoms with Gasteiger partial charge in [0.1, 0.15) is 0 Å². The van der Waals surface area contributed by atoms with Crippen molar-refractivity contribution in [2.24, 2.45) is 0 Å². The Morgan fingerprint density at radius 1 is 1.14 bits per heavy atom. The van der Waals surface area contributed by atoms with E-state index in [1.807, 2.05) is 0 Å². The van der Waals surface area contributed by atoms with Gasteiger partial charge in [0, 0.05) is 25.8 Å². The van der Waals surface area contributed by atoms with Crippen molar-refractivity contribution in [3.8, 4) is 0 Å². The van der Waals surface area contributed by atoms with Gasteiger partial charge in [-0.3, -0.25) is 0 Å². The van der Waals surface area contributed by atoms with E-state index in [0.717, 1.165) is 19.3 Å². The van der Waals surface area contributed by atoms with Gasteiger partial charge in [0.25, 0.3) is 0 Å². The maximum absolute atomic E-state index is 5.56. The summed E-state index contributed by atoms with van der Waals surface area (Å²) in [6.45, 7) is 5.34. The maximum Gasteiger partial charge on any atom is 0.0478 e. The maximum atomic E-state index is 5.56. The molecule has 0 aromatic rings. The van der Waals surface area contributed by atoms with E-state index in [1.54, 1.807) is 0 Å². The highest BCUT2D eigenvalue weighted by Gasteiger charge is 2.25. The minimum atomic E-state index is 0.898. The van der Waals surface area contributed by atoms with Crippen LogP contribution in [-0.2, 0) is 4.74 Å². The van der Waals surface area contributed by atoms with Gasteiger partial charge in [-0.25, -0.2) is 0 Å². The fourth-order valence-electron chi connectivity index (χ4n) is 1.67. The van der Waals surface area contributed by atoms with E-state index in [9.17, 15) is 0 Å². The lowest BCUT2D eigenvalue weighted by Gasteiger charge is -2.14. The fourth-order valence-corrected chi connectivity index (χ4v) is 1.67. The average molecular weight is 199 g/mol. The van der Waals surface area contributed by atoms with E-state index in [1.165, 1.54) is 45.1 Å². The van der Waals surface area contributed by atoms with E-state index in [2.05, 4.69) is 18.9 Å². The number of nitrogens with zero attached hydrogens (tertiary/aromatic N) is 1. The molecule has 1 aliphatic carbocycles. The molecule has 0 aromatic heterocycles. The Labute approximate surface area is 88.6 Å². The van der Waals surface area contributed by atoms with Crippen molar-refractivity contribution in [3.05, 3.63) is 0 Å². The SMILES string of the molecule is CCCCCOCCCN(C)C1CC1. The van der Waals surface area contributed by atoms with Crippen molar-refractivity contribution in [3.63, 3.8) is 0 Å². The van der Waals surface area contributed by atoms with Gasteiger partial charge >= 0.3 is 0 Å². The Bertz CT molecular complexity index is 134. The number of unbranched alkanes of at least 4 members (excludes halogenated alkanes) is 2. The highest BCUT2D eigenvalue weighted by Crippen LogP contribution is 2.25. The van der Waals surface area contributed by atoms with Crippen LogP contribution in [0.2, 0.25) is 0 Å². The molecule has 1 saturated carbocycles. The number of hydrogen-bond donors (Lipinski definition) is 0. The molecule has 2 nitrogen and oxygen atoms in total. The number of ether oxygens (including phenoxy) is 1. The molecule has 0 aliphatic heterocycles. The van der Waals surface area contributed by atoms with Crippen molar-refractivity contribution >= 4 is 0 Å². The van der Waals surface area contributed by atoms with Gasteiger partial charge in [0.05, 0.1) is 0 Å². The highest BCUT2D eigenvalue weighted by atomic mass is 16.5. The molecule has 1 aliphatic rings. The van der Waals surface area contributed by atoms with Crippen LogP contribution in [0.15, 0.2) is 0 Å². The summed E-state index contributed by atoms with van der Waals surface area (Å²) < 4.78 is 5.56. The Balaban J connectivity index is 1.75. The summed E-state index contributed by atoms with van der Waals surface area (Å²) in [5.74, 6) is 0. The second-order valence-corrected chi connectivity index (χ2v) is 4.38. The third-order valence-corrected chi connectivity index (χ3v) is 2.86. The van der Waals surface area contributed by atoms with E-state index >= 15 is 0 Å². The second-order valence-electron chi connectivity index (χ2n) is 4.38. The summed E-state index contributed by atoms with van der Waals surface area (Å²) in [5, 5.41) is 0. The van der Waals surface area contributed by atoms with Gasteiger partial charge in [-0.2, -0.15) is 0 Å². The summed E-state index contributed by atoms with van der Waals surface area (Å²) >= 11 is 0. The molecule has 0 saturated heterocycles. The molecule has 1 fully saturated rings. The van der Waals surface area contributed by atoms with Gasteiger partial charge in [-0.1, -0.05) is 19.8 Å². The first-order chi connectivity index (χ1) is 6.84. The third-order valence-electron chi connectivity index (χ3n) is 2.86. The van der Waals surface area contributed by atoms with Gasteiger partial charge < -0.3 is 9.64 Å². The highest BCUT2D eigenvalue weighted by molar-refractivity contribution is 4.81. The molecule has 0 spiro atoms. The lowest BCUT2D eigenvalue weighted by molar-refractivity contribution is 0.119. The molecule has 84 valence electrons. The normalized spacial score (nSPS) is 16.5. The lowest BCUT2D eigenvalue weighted by atomic mass is 10.3. The Morgan fingerprint density at radius 2 is 1.86 bits per heavy atom. The fraction of sp³-hybridized carbons (Fsp3) is 1.00. The van der Waals surface area contributed by atoms with Crippen molar-refractivity contribution in [1.29, 1.82) is 0 Å². The monoisotopic (exact) mass is 199 g/mol. The Kier molecular flexibility index (Phi) is 6.20. The summed E-state index contributed by atoms with van der Waals surface area (Å²) in [6.07, 6.45) is 7.84. The Morgan fingerprint density at radius 3 is 2.50 bits per heavy atom. The second kappa shape index (κ2) is 7.24. The zero-order valence-corrected chi connectivity index (χ0v) is 9.80. The molecular formula is C12H25NO. The predicted molar refractivity (Wildman–Crippen MR) is 60.6 cm³/mol. The largest absolute Gasteiger partial charge is 0.381 e. The molecule has 1 rings (SSSR count). The van der Waals surface area contributed by atoms with Crippen molar-refractivity contribution in [2.45, 2.75) is 51.5 Å². The summed E-state index contributed by atoms with van der Waals surface area (Å²) in [6, 6.07) is 0.898. The zero-order valence-electron chi connectivity index (χ0n) is 9.80. The van der Waals surface area contributed by atoms with Gasteiger partial charge in [0.15, 0.2) is 0 Å². The molecule has 0 unspecified atom stereocenters. The van der Waals surface area contributed by atoms with Crippen LogP contribution in [0.3, 0.4) is 0 Å². The van der Waals surface area contributed by atoms with Crippen LogP contribution in [0.5, 0.6) is 0 Å². The van der Waals surface area contributed by atoms with Crippen LogP contribution in [-0.4, -0.2) is 37.7 Å². The molecule has 0 amide bonds. The summed E-state index contributed by atoms with van der Waals surface area (Å²) in [7, 11) is 2.23. The molecule has 0 aromatic carbocycles. The third kappa shape index (κ3) is 5.61. The summed E-state index contributed by atoms with van der Waals surface area (Å²) in [5.41, 5.74) is 0. The number of hydrogen-bond acceptors (Lipinski definition) is 2. The van der Waals surface area contributed by atoms with Crippen molar-refractivity contribution in [2.75, 3.05) is 26.8 Å². The van der Waals surface area contributed by atoms with E-state index in [0.29, 0.717) is 0 Å². The van der Waals surface area contributed by atoms with Crippen molar-refractivity contribution in [1.82, 2.24) is 4.90 Å². The molecule has 0 bridgehead atoms. The van der Waals surface area contributed by atoms with E-state index in [4.69, 9.17) is 4.74 Å². The minimum Gasteiger partial charge on any atom is -0.381 e. The lowest BCUT2D eigenvalue weighted by Crippen LogP contribution is -2.22. The van der Waals surface area contributed by atoms with Crippen LogP contribution in [0, 0.1) is 0 Å². The topological polar surface area (TPSA) is 12.5 Å². The Hall–Kier alpha value is -0.0800. The number of rotatable bonds is 9. The van der Waals surface area contributed by atoms with Crippen LogP contribution < -0.4 is 0 Å². The quantitative estimate of drug-likeness (QED) is 0.529.